The molecule has 0 radical (unpaired) electrons. The molecule has 136 valence electrons. The number of aromatic nitrogens is 2. The maximum atomic E-state index is 12.0. The fourth-order valence-electron chi connectivity index (χ4n) is 2.39. The summed E-state index contributed by atoms with van der Waals surface area (Å²) >= 11 is 0. The fourth-order valence-corrected chi connectivity index (χ4v) is 3.41. The summed E-state index contributed by atoms with van der Waals surface area (Å²) in [5, 5.41) is 0.113. The largest absolute Gasteiger partial charge is 0.414 e. The molecule has 0 aromatic carbocycles. The van der Waals surface area contributed by atoms with E-state index in [1.165, 1.54) is 10.8 Å². The van der Waals surface area contributed by atoms with Crippen molar-refractivity contribution in [1.82, 2.24) is 9.55 Å². The lowest BCUT2D eigenvalue weighted by Gasteiger charge is -2.37. The predicted molar refractivity (Wildman–Crippen MR) is 95.7 cm³/mol. The molecule has 0 amide bonds. The van der Waals surface area contributed by atoms with E-state index in [4.69, 9.17) is 14.9 Å². The zero-order valence-corrected chi connectivity index (χ0v) is 16.4. The summed E-state index contributed by atoms with van der Waals surface area (Å²) in [4.78, 5) is 25.8. The molecular weight excluding hydrogens is 326 g/mol. The van der Waals surface area contributed by atoms with Crippen LogP contribution in [0, 0.1) is 6.92 Å². The van der Waals surface area contributed by atoms with Crippen molar-refractivity contribution < 1.29 is 9.16 Å². The van der Waals surface area contributed by atoms with Gasteiger partial charge in [0.15, 0.2) is 8.32 Å². The number of ether oxygens (including phenoxy) is 1. The third-order valence-electron chi connectivity index (χ3n) is 5.15. The summed E-state index contributed by atoms with van der Waals surface area (Å²) < 4.78 is 13.6. The van der Waals surface area contributed by atoms with E-state index in [1.54, 1.807) is 6.92 Å². The first kappa shape index (κ1) is 19.1. The summed E-state index contributed by atoms with van der Waals surface area (Å²) in [6, 6.07) is -0.209. The summed E-state index contributed by atoms with van der Waals surface area (Å²) in [7, 11) is -1.88. The highest BCUT2D eigenvalue weighted by Crippen LogP contribution is 2.37. The van der Waals surface area contributed by atoms with Crippen LogP contribution in [0.2, 0.25) is 18.1 Å². The summed E-state index contributed by atoms with van der Waals surface area (Å²) in [6.07, 6.45) is 1.30. The molecule has 1 saturated heterocycles. The van der Waals surface area contributed by atoms with Gasteiger partial charge < -0.3 is 14.9 Å². The molecule has 2 heterocycles. The van der Waals surface area contributed by atoms with Crippen LogP contribution >= 0.6 is 0 Å². The molecule has 1 aliphatic heterocycles. The molecule has 0 bridgehead atoms. The topological polar surface area (TPSA) is 99.3 Å². The van der Waals surface area contributed by atoms with Crippen LogP contribution in [0.4, 0.5) is 0 Å². The number of nitrogens with one attached hydrogen (secondary N) is 1. The highest BCUT2D eigenvalue weighted by Gasteiger charge is 2.40. The van der Waals surface area contributed by atoms with Crippen LogP contribution in [-0.4, -0.2) is 36.6 Å². The Morgan fingerprint density at radius 2 is 2.04 bits per heavy atom. The molecule has 0 unspecified atom stereocenters. The monoisotopic (exact) mass is 355 g/mol. The van der Waals surface area contributed by atoms with E-state index >= 15 is 0 Å². The maximum Gasteiger partial charge on any atom is 0.330 e. The van der Waals surface area contributed by atoms with Gasteiger partial charge >= 0.3 is 5.69 Å². The Hall–Kier alpha value is -1.22. The van der Waals surface area contributed by atoms with Crippen molar-refractivity contribution in [2.24, 2.45) is 5.73 Å². The van der Waals surface area contributed by atoms with Gasteiger partial charge in [-0.25, -0.2) is 4.79 Å². The van der Waals surface area contributed by atoms with Crippen molar-refractivity contribution in [2.75, 3.05) is 6.61 Å². The first-order valence-electron chi connectivity index (χ1n) is 8.29. The van der Waals surface area contributed by atoms with E-state index in [-0.39, 0.29) is 22.7 Å². The number of aryl methyl sites for hydroxylation is 1. The molecule has 1 aromatic rings. The molecule has 1 aliphatic rings. The molecule has 3 atom stereocenters. The predicted octanol–water partition coefficient (Wildman–Crippen LogP) is 1.48. The molecule has 2 rings (SSSR count). The second-order valence-corrected chi connectivity index (χ2v) is 12.9. The lowest BCUT2D eigenvalue weighted by molar-refractivity contribution is -0.0247. The van der Waals surface area contributed by atoms with E-state index in [1.807, 2.05) is 0 Å². The van der Waals surface area contributed by atoms with Crippen molar-refractivity contribution in [3.8, 4) is 0 Å². The van der Waals surface area contributed by atoms with Gasteiger partial charge in [0.1, 0.15) is 6.23 Å². The zero-order valence-electron chi connectivity index (χ0n) is 15.4. The summed E-state index contributed by atoms with van der Waals surface area (Å²) in [5.41, 5.74) is 5.80. The number of hydrogen-bond acceptors (Lipinski definition) is 5. The van der Waals surface area contributed by atoms with Crippen molar-refractivity contribution in [3.63, 3.8) is 0 Å². The van der Waals surface area contributed by atoms with Crippen molar-refractivity contribution in [2.45, 2.75) is 70.6 Å². The minimum Gasteiger partial charge on any atom is -0.414 e. The van der Waals surface area contributed by atoms with Gasteiger partial charge in [0, 0.05) is 24.2 Å². The van der Waals surface area contributed by atoms with E-state index in [0.29, 0.717) is 18.6 Å². The van der Waals surface area contributed by atoms with Gasteiger partial charge in [-0.3, -0.25) is 14.3 Å². The van der Waals surface area contributed by atoms with Gasteiger partial charge in [0.2, 0.25) is 0 Å². The Bertz CT molecular complexity index is 704. The average Bonchev–Trinajstić information content (AvgIpc) is 2.80. The zero-order chi connectivity index (χ0) is 18.3. The molecule has 0 spiro atoms. The summed E-state index contributed by atoms with van der Waals surface area (Å²) in [6.45, 7) is 13.0. The van der Waals surface area contributed by atoms with Crippen LogP contribution in [0.5, 0.6) is 0 Å². The van der Waals surface area contributed by atoms with Gasteiger partial charge in [0.25, 0.3) is 5.56 Å². The number of nitrogens with zero attached hydrogens (tertiary/aromatic N) is 1. The lowest BCUT2D eigenvalue weighted by Crippen LogP contribution is -2.45. The average molecular weight is 356 g/mol. The van der Waals surface area contributed by atoms with E-state index in [9.17, 15) is 9.59 Å². The Kier molecular flexibility index (Phi) is 5.24. The second kappa shape index (κ2) is 6.59. The smallest absolute Gasteiger partial charge is 0.330 e. The number of hydrogen-bond donors (Lipinski definition) is 2. The maximum absolute atomic E-state index is 12.0. The minimum atomic E-state index is -1.88. The van der Waals surface area contributed by atoms with Crippen LogP contribution in [0.15, 0.2) is 15.8 Å². The van der Waals surface area contributed by atoms with Crippen molar-refractivity contribution >= 4 is 8.32 Å². The van der Waals surface area contributed by atoms with Gasteiger partial charge in [-0.15, -0.1) is 0 Å². The van der Waals surface area contributed by atoms with Gasteiger partial charge in [-0.05, 0) is 25.1 Å². The minimum absolute atomic E-state index is 0.113. The molecule has 8 heteroatoms. The Morgan fingerprint density at radius 3 is 2.62 bits per heavy atom. The molecule has 0 saturated carbocycles. The van der Waals surface area contributed by atoms with Crippen molar-refractivity contribution in [3.05, 3.63) is 32.6 Å². The molecule has 1 fully saturated rings. The second-order valence-electron chi connectivity index (χ2n) is 8.08. The van der Waals surface area contributed by atoms with Crippen LogP contribution in [-0.2, 0) is 9.16 Å². The van der Waals surface area contributed by atoms with Crippen molar-refractivity contribution in [1.29, 1.82) is 0 Å². The first-order valence-corrected chi connectivity index (χ1v) is 11.2. The number of rotatable bonds is 4. The molecule has 0 aliphatic carbocycles. The molecule has 7 nitrogen and oxygen atoms in total. The van der Waals surface area contributed by atoms with E-state index in [2.05, 4.69) is 38.8 Å². The fraction of sp³-hybridized carbons (Fsp3) is 0.750. The first-order chi connectivity index (χ1) is 10.9. The Morgan fingerprint density at radius 1 is 1.42 bits per heavy atom. The molecular formula is C16H29N3O4Si. The quantitative estimate of drug-likeness (QED) is 0.797. The van der Waals surface area contributed by atoms with Crippen LogP contribution in [0.3, 0.4) is 0 Å². The summed E-state index contributed by atoms with van der Waals surface area (Å²) in [5.74, 6) is 0. The van der Waals surface area contributed by atoms with Crippen LogP contribution in [0.25, 0.3) is 0 Å². The third-order valence-corrected chi connectivity index (χ3v) is 9.65. The Balaban J connectivity index is 2.09. The molecule has 24 heavy (non-hydrogen) atoms. The van der Waals surface area contributed by atoms with Gasteiger partial charge in [-0.1, -0.05) is 20.8 Å². The Labute approximate surface area is 143 Å². The third kappa shape index (κ3) is 3.88. The SMILES string of the molecule is Cc1cn([C@H]2C[C@H](N)[C@@H](CO[Si](C)(C)C(C)(C)C)O2)c(=O)[nH]c1=O. The van der Waals surface area contributed by atoms with Gasteiger partial charge in [-0.2, -0.15) is 0 Å². The number of aromatic amines is 1. The van der Waals surface area contributed by atoms with Gasteiger partial charge in [0.05, 0.1) is 12.7 Å². The lowest BCUT2D eigenvalue weighted by atomic mass is 10.1. The standard InChI is InChI=1S/C16H29N3O4Si/c1-10-8-19(15(21)18-14(10)20)13-7-11(17)12(23-13)9-22-24(5,6)16(2,3)4/h8,11-13H,7,9,17H2,1-6H3,(H,18,20,21)/t11-,12+,13+/m0/s1. The highest BCUT2D eigenvalue weighted by atomic mass is 28.4. The highest BCUT2D eigenvalue weighted by molar-refractivity contribution is 6.74. The van der Waals surface area contributed by atoms with Crippen LogP contribution in [0.1, 0.15) is 39.0 Å². The molecule has 1 aromatic heterocycles. The number of H-pyrrole nitrogens is 1. The van der Waals surface area contributed by atoms with Crippen LogP contribution < -0.4 is 17.0 Å². The normalized spacial score (nSPS) is 25.2. The van der Waals surface area contributed by atoms with E-state index < -0.39 is 20.2 Å². The molecule has 3 N–H and O–H groups in total. The number of nitrogens with two attached hydrogens (primary N) is 1. The van der Waals surface area contributed by atoms with E-state index in [0.717, 1.165) is 0 Å².